The summed E-state index contributed by atoms with van der Waals surface area (Å²) in [6.07, 6.45) is 3.30. The molecule has 0 aromatic carbocycles. The van der Waals surface area contributed by atoms with Crippen molar-refractivity contribution in [2.45, 2.75) is 58.5 Å². The van der Waals surface area contributed by atoms with E-state index in [1.165, 1.54) is 7.11 Å². The first-order valence-corrected chi connectivity index (χ1v) is 7.74. The average molecular weight is 307 g/mol. The first-order chi connectivity index (χ1) is 10.4. The fourth-order valence-corrected chi connectivity index (χ4v) is 3.00. The van der Waals surface area contributed by atoms with Crippen LogP contribution in [0.15, 0.2) is 0 Å². The van der Waals surface area contributed by atoms with Crippen molar-refractivity contribution in [1.29, 1.82) is 0 Å². The molecule has 122 valence electrons. The van der Waals surface area contributed by atoms with E-state index in [9.17, 15) is 9.59 Å². The number of aryl methyl sites for hydroxylation is 2. The molecule has 1 aliphatic rings. The molecule has 0 N–H and O–H groups in total. The second-order valence-corrected chi connectivity index (χ2v) is 6.03. The zero-order chi connectivity index (χ0) is 16.4. The average Bonchev–Trinajstić information content (AvgIpc) is 2.67. The van der Waals surface area contributed by atoms with Crippen molar-refractivity contribution in [1.82, 2.24) is 14.7 Å². The minimum absolute atomic E-state index is 0.0261. The standard InChI is InChI=1S/C16H25N3O3/c1-10-14(11(2)18(4)17-10)9-15(20)19(13-7-6-8-13)12(3)16(21)22-5/h12-13H,6-9H2,1-5H3. The molecule has 1 fully saturated rings. The van der Waals surface area contributed by atoms with Crippen molar-refractivity contribution in [2.24, 2.45) is 7.05 Å². The molecule has 6 nitrogen and oxygen atoms in total. The number of carbonyl (C=O) groups is 2. The van der Waals surface area contributed by atoms with Crippen LogP contribution in [0.3, 0.4) is 0 Å². The Labute approximate surface area is 131 Å². The highest BCUT2D eigenvalue weighted by molar-refractivity contribution is 5.86. The van der Waals surface area contributed by atoms with Gasteiger partial charge in [-0.1, -0.05) is 0 Å². The van der Waals surface area contributed by atoms with E-state index >= 15 is 0 Å². The maximum atomic E-state index is 12.8. The Morgan fingerprint density at radius 2 is 2.05 bits per heavy atom. The van der Waals surface area contributed by atoms with Crippen LogP contribution in [-0.4, -0.2) is 45.8 Å². The van der Waals surface area contributed by atoms with Gasteiger partial charge in [-0.15, -0.1) is 0 Å². The van der Waals surface area contributed by atoms with E-state index < -0.39 is 6.04 Å². The molecule has 0 spiro atoms. The number of methoxy groups -OCH3 is 1. The molecule has 22 heavy (non-hydrogen) atoms. The topological polar surface area (TPSA) is 64.4 Å². The molecule has 1 aromatic rings. The van der Waals surface area contributed by atoms with E-state index in [1.807, 2.05) is 20.9 Å². The molecule has 1 unspecified atom stereocenters. The summed E-state index contributed by atoms with van der Waals surface area (Å²) in [4.78, 5) is 26.4. The van der Waals surface area contributed by atoms with Gasteiger partial charge in [-0.2, -0.15) is 5.10 Å². The number of amides is 1. The van der Waals surface area contributed by atoms with Crippen LogP contribution in [0.2, 0.25) is 0 Å². The molecule has 1 amide bonds. The van der Waals surface area contributed by atoms with Gasteiger partial charge in [0.25, 0.3) is 0 Å². The van der Waals surface area contributed by atoms with Crippen LogP contribution in [0.25, 0.3) is 0 Å². The zero-order valence-electron chi connectivity index (χ0n) is 14.0. The van der Waals surface area contributed by atoms with Gasteiger partial charge in [0.2, 0.25) is 5.91 Å². The molecule has 0 aliphatic heterocycles. The largest absolute Gasteiger partial charge is 0.467 e. The van der Waals surface area contributed by atoms with Gasteiger partial charge >= 0.3 is 5.97 Å². The molecule has 6 heteroatoms. The van der Waals surface area contributed by atoms with E-state index in [2.05, 4.69) is 5.10 Å². The van der Waals surface area contributed by atoms with Crippen LogP contribution >= 0.6 is 0 Å². The molecule has 1 atom stereocenters. The first-order valence-electron chi connectivity index (χ1n) is 7.74. The summed E-state index contributed by atoms with van der Waals surface area (Å²) in [6.45, 7) is 5.61. The van der Waals surface area contributed by atoms with E-state index in [0.29, 0.717) is 0 Å². The Bertz CT molecular complexity index is 575. The lowest BCUT2D eigenvalue weighted by molar-refractivity contribution is -0.155. The summed E-state index contributed by atoms with van der Waals surface area (Å²) in [6, 6.07) is -0.390. The number of ether oxygens (including phenoxy) is 1. The second kappa shape index (κ2) is 6.50. The quantitative estimate of drug-likeness (QED) is 0.774. The van der Waals surface area contributed by atoms with E-state index in [4.69, 9.17) is 4.74 Å². The van der Waals surface area contributed by atoms with Crippen LogP contribution < -0.4 is 0 Å². The van der Waals surface area contributed by atoms with Crippen molar-refractivity contribution in [3.63, 3.8) is 0 Å². The number of carbonyl (C=O) groups excluding carboxylic acids is 2. The van der Waals surface area contributed by atoms with Crippen LogP contribution in [0.5, 0.6) is 0 Å². The van der Waals surface area contributed by atoms with Crippen molar-refractivity contribution >= 4 is 11.9 Å². The Morgan fingerprint density at radius 1 is 1.41 bits per heavy atom. The zero-order valence-corrected chi connectivity index (χ0v) is 14.0. The van der Waals surface area contributed by atoms with E-state index in [-0.39, 0.29) is 24.3 Å². The van der Waals surface area contributed by atoms with Crippen LogP contribution in [0.4, 0.5) is 0 Å². The number of esters is 1. The number of hydrogen-bond donors (Lipinski definition) is 0. The summed E-state index contributed by atoms with van der Waals surface area (Å²) in [7, 11) is 3.23. The smallest absolute Gasteiger partial charge is 0.328 e. The Balaban J connectivity index is 2.20. The van der Waals surface area contributed by atoms with Gasteiger partial charge in [0.05, 0.1) is 19.2 Å². The fourth-order valence-electron chi connectivity index (χ4n) is 3.00. The lowest BCUT2D eigenvalue weighted by Crippen LogP contribution is -2.52. The van der Waals surface area contributed by atoms with Gasteiger partial charge in [0, 0.05) is 24.3 Å². The van der Waals surface area contributed by atoms with E-state index in [1.54, 1.807) is 16.5 Å². The van der Waals surface area contributed by atoms with Gasteiger partial charge in [-0.25, -0.2) is 4.79 Å². The van der Waals surface area contributed by atoms with Gasteiger partial charge < -0.3 is 9.64 Å². The summed E-state index contributed by atoms with van der Waals surface area (Å²) in [5, 5.41) is 4.35. The van der Waals surface area contributed by atoms with Gasteiger partial charge in [0.1, 0.15) is 6.04 Å². The first kappa shape index (κ1) is 16.5. The summed E-state index contributed by atoms with van der Waals surface area (Å²) in [5.74, 6) is -0.387. The molecule has 2 rings (SSSR count). The highest BCUT2D eigenvalue weighted by Crippen LogP contribution is 2.28. The third-order valence-electron chi connectivity index (χ3n) is 4.70. The van der Waals surface area contributed by atoms with Crippen LogP contribution in [-0.2, 0) is 27.8 Å². The third-order valence-corrected chi connectivity index (χ3v) is 4.70. The Morgan fingerprint density at radius 3 is 2.45 bits per heavy atom. The molecule has 1 heterocycles. The Kier molecular flexibility index (Phi) is 4.88. The Hall–Kier alpha value is -1.85. The maximum absolute atomic E-state index is 12.8. The van der Waals surface area contributed by atoms with Crippen molar-refractivity contribution in [3.05, 3.63) is 17.0 Å². The maximum Gasteiger partial charge on any atom is 0.328 e. The minimum Gasteiger partial charge on any atom is -0.467 e. The molecule has 0 bridgehead atoms. The lowest BCUT2D eigenvalue weighted by Gasteiger charge is -2.40. The summed E-state index contributed by atoms with van der Waals surface area (Å²) >= 11 is 0. The van der Waals surface area contributed by atoms with Crippen molar-refractivity contribution < 1.29 is 14.3 Å². The number of nitrogens with zero attached hydrogens (tertiary/aromatic N) is 3. The van der Waals surface area contributed by atoms with Crippen LogP contribution in [0, 0.1) is 13.8 Å². The van der Waals surface area contributed by atoms with Gasteiger partial charge in [0.15, 0.2) is 0 Å². The molecular formula is C16H25N3O3. The summed E-state index contributed by atoms with van der Waals surface area (Å²) in [5.41, 5.74) is 2.81. The molecule has 1 aromatic heterocycles. The normalized spacial score (nSPS) is 16.0. The minimum atomic E-state index is -0.542. The monoisotopic (exact) mass is 307 g/mol. The van der Waals surface area contributed by atoms with Crippen LogP contribution in [0.1, 0.15) is 43.1 Å². The van der Waals surface area contributed by atoms with E-state index in [0.717, 1.165) is 36.2 Å². The molecule has 1 aliphatic carbocycles. The molecular weight excluding hydrogens is 282 g/mol. The second-order valence-electron chi connectivity index (χ2n) is 6.03. The predicted octanol–water partition coefficient (Wildman–Crippen LogP) is 1.52. The number of hydrogen-bond acceptors (Lipinski definition) is 4. The highest BCUT2D eigenvalue weighted by Gasteiger charge is 2.36. The van der Waals surface area contributed by atoms with Gasteiger partial charge in [-0.3, -0.25) is 9.48 Å². The fraction of sp³-hybridized carbons (Fsp3) is 0.688. The number of rotatable bonds is 5. The molecule has 0 radical (unpaired) electrons. The van der Waals surface area contributed by atoms with Gasteiger partial charge in [-0.05, 0) is 40.0 Å². The third kappa shape index (κ3) is 3.00. The number of aromatic nitrogens is 2. The lowest BCUT2D eigenvalue weighted by atomic mass is 9.89. The SMILES string of the molecule is COC(=O)C(C)N(C(=O)Cc1c(C)nn(C)c1C)C1CCC1. The van der Waals surface area contributed by atoms with Crippen molar-refractivity contribution in [3.8, 4) is 0 Å². The predicted molar refractivity (Wildman–Crippen MR) is 82.3 cm³/mol. The molecule has 1 saturated carbocycles. The highest BCUT2D eigenvalue weighted by atomic mass is 16.5. The summed E-state index contributed by atoms with van der Waals surface area (Å²) < 4.78 is 6.60. The molecule has 0 saturated heterocycles. The van der Waals surface area contributed by atoms with Crippen molar-refractivity contribution in [2.75, 3.05) is 7.11 Å².